The number of anilines is 1. The quantitative estimate of drug-likeness (QED) is 0.397. The molecule has 1 fully saturated rings. The van der Waals surface area contributed by atoms with E-state index in [0.717, 1.165) is 58.9 Å². The molecule has 10 heteroatoms. The van der Waals surface area contributed by atoms with Gasteiger partial charge in [0.15, 0.2) is 5.82 Å². The van der Waals surface area contributed by atoms with Crippen LogP contribution in [0.5, 0.6) is 0 Å². The molecule has 3 heterocycles. The normalized spacial score (nSPS) is 15.4. The lowest BCUT2D eigenvalue weighted by molar-refractivity contribution is 0.171. The number of aryl methyl sites for hydroxylation is 3. The maximum atomic E-state index is 13.5. The minimum absolute atomic E-state index is 0.128. The van der Waals surface area contributed by atoms with Gasteiger partial charge < -0.3 is 14.6 Å². The Morgan fingerprint density at radius 2 is 1.84 bits per heavy atom. The molecule has 0 aliphatic carbocycles. The second-order valence-corrected chi connectivity index (χ2v) is 10.1. The summed E-state index contributed by atoms with van der Waals surface area (Å²) in [6, 6.07) is 11.7. The van der Waals surface area contributed by atoms with Crippen LogP contribution in [-0.4, -0.2) is 70.0 Å². The number of hydrogen-bond acceptors (Lipinski definition) is 7. The molecule has 1 aliphatic rings. The first-order valence-corrected chi connectivity index (χ1v) is 12.9. The number of tetrazole rings is 1. The van der Waals surface area contributed by atoms with Crippen LogP contribution >= 0.6 is 11.6 Å². The number of fused-ring (bicyclic) bond motifs is 1. The summed E-state index contributed by atoms with van der Waals surface area (Å²) in [4.78, 5) is 21.3. The highest BCUT2D eigenvalue weighted by atomic mass is 35.5. The van der Waals surface area contributed by atoms with E-state index < -0.39 is 6.04 Å². The van der Waals surface area contributed by atoms with E-state index in [0.29, 0.717) is 24.5 Å². The molecule has 0 bridgehead atoms. The van der Waals surface area contributed by atoms with Gasteiger partial charge in [0, 0.05) is 60.5 Å². The number of aromatic amines is 1. The van der Waals surface area contributed by atoms with Crippen molar-refractivity contribution in [3.8, 4) is 0 Å². The number of halogens is 1. The highest BCUT2D eigenvalue weighted by Crippen LogP contribution is 2.31. The first kappa shape index (κ1) is 25.4. The molecular formula is C27H32ClN7O2. The van der Waals surface area contributed by atoms with E-state index in [2.05, 4.69) is 56.3 Å². The number of nitrogens with one attached hydrogen (secondary N) is 1. The molecule has 1 aliphatic heterocycles. The van der Waals surface area contributed by atoms with Crippen LogP contribution in [0.3, 0.4) is 0 Å². The van der Waals surface area contributed by atoms with Gasteiger partial charge in [0.25, 0.3) is 5.56 Å². The number of H-pyrrole nitrogens is 1. The molecule has 194 valence electrons. The average Bonchev–Trinajstić information content (AvgIpc) is 3.33. The maximum absolute atomic E-state index is 13.5. The monoisotopic (exact) mass is 521 g/mol. The molecule has 2 aromatic carbocycles. The molecule has 0 unspecified atom stereocenters. The van der Waals surface area contributed by atoms with Crippen molar-refractivity contribution in [3.63, 3.8) is 0 Å². The summed E-state index contributed by atoms with van der Waals surface area (Å²) in [5.41, 5.74) is 5.91. The lowest BCUT2D eigenvalue weighted by atomic mass is 9.99. The summed E-state index contributed by atoms with van der Waals surface area (Å²) in [5, 5.41) is 14.3. The minimum Gasteiger partial charge on any atom is -0.383 e. The third-order valence-corrected chi connectivity index (χ3v) is 7.37. The largest absolute Gasteiger partial charge is 0.383 e. The number of rotatable bonds is 7. The van der Waals surface area contributed by atoms with Crippen molar-refractivity contribution in [1.29, 1.82) is 0 Å². The zero-order valence-corrected chi connectivity index (χ0v) is 22.4. The van der Waals surface area contributed by atoms with Gasteiger partial charge in [-0.05, 0) is 72.2 Å². The van der Waals surface area contributed by atoms with Crippen molar-refractivity contribution >= 4 is 28.2 Å². The maximum Gasteiger partial charge on any atom is 0.253 e. The molecule has 2 aromatic heterocycles. The number of methoxy groups -OCH3 is 1. The number of hydrogen-bond donors (Lipinski definition) is 1. The first-order chi connectivity index (χ1) is 17.9. The Hall–Kier alpha value is -3.27. The van der Waals surface area contributed by atoms with Crippen molar-refractivity contribution in [2.24, 2.45) is 0 Å². The van der Waals surface area contributed by atoms with E-state index in [1.165, 1.54) is 5.56 Å². The molecule has 37 heavy (non-hydrogen) atoms. The Bertz CT molecular complexity index is 1470. The van der Waals surface area contributed by atoms with Crippen LogP contribution in [0.15, 0.2) is 41.2 Å². The molecule has 0 saturated carbocycles. The van der Waals surface area contributed by atoms with Gasteiger partial charge in [-0.2, -0.15) is 0 Å². The Morgan fingerprint density at radius 1 is 1.05 bits per heavy atom. The molecule has 1 N–H and O–H groups in total. The van der Waals surface area contributed by atoms with Gasteiger partial charge in [0.05, 0.1) is 13.2 Å². The summed E-state index contributed by atoms with van der Waals surface area (Å²) < 4.78 is 7.02. The van der Waals surface area contributed by atoms with Crippen molar-refractivity contribution in [1.82, 2.24) is 30.1 Å². The van der Waals surface area contributed by atoms with E-state index in [1.54, 1.807) is 11.8 Å². The average molecular weight is 522 g/mol. The van der Waals surface area contributed by atoms with Gasteiger partial charge in [-0.15, -0.1) is 5.10 Å². The second-order valence-electron chi connectivity index (χ2n) is 9.71. The zero-order valence-electron chi connectivity index (χ0n) is 21.7. The SMILES string of the molecule is COCCn1nnnc1[C@H](c1cc2c(C)cc(C)cc2[nH]c1=O)N1CCN(c2cc(Cl)ccc2C)CC1. The third-order valence-electron chi connectivity index (χ3n) is 7.14. The van der Waals surface area contributed by atoms with E-state index in [4.69, 9.17) is 16.3 Å². The third kappa shape index (κ3) is 5.12. The summed E-state index contributed by atoms with van der Waals surface area (Å²) in [7, 11) is 1.65. The van der Waals surface area contributed by atoms with Gasteiger partial charge in [-0.1, -0.05) is 23.7 Å². The Balaban J connectivity index is 1.54. The number of piperazine rings is 1. The van der Waals surface area contributed by atoms with E-state index >= 15 is 0 Å². The molecule has 0 amide bonds. The number of ether oxygens (including phenoxy) is 1. The lowest BCUT2D eigenvalue weighted by Crippen LogP contribution is -2.49. The Labute approximate surface area is 221 Å². The van der Waals surface area contributed by atoms with Crippen LogP contribution in [-0.2, 0) is 11.3 Å². The summed E-state index contributed by atoms with van der Waals surface area (Å²) >= 11 is 6.30. The van der Waals surface area contributed by atoms with Gasteiger partial charge in [0.1, 0.15) is 6.04 Å². The number of aromatic nitrogens is 5. The van der Waals surface area contributed by atoms with E-state index in [1.807, 2.05) is 31.2 Å². The van der Waals surface area contributed by atoms with Gasteiger partial charge >= 0.3 is 0 Å². The standard InChI is InChI=1S/C27H32ClN7O2/c1-17-13-19(3)21-16-22(27(36)29-23(21)14-17)25(26-30-31-32-35(26)11-12-37-4)34-9-7-33(8-10-34)24-15-20(28)6-5-18(24)2/h5-6,13-16,25H,7-12H2,1-4H3,(H,29,36)/t25-/m0/s1. The fourth-order valence-electron chi connectivity index (χ4n) is 5.28. The summed E-state index contributed by atoms with van der Waals surface area (Å²) in [6.45, 7) is 10.2. The van der Waals surface area contributed by atoms with Gasteiger partial charge in [-0.25, -0.2) is 4.68 Å². The lowest BCUT2D eigenvalue weighted by Gasteiger charge is -2.40. The number of nitrogens with zero attached hydrogens (tertiary/aromatic N) is 6. The second kappa shape index (κ2) is 10.6. The van der Waals surface area contributed by atoms with Crippen LogP contribution < -0.4 is 10.5 Å². The highest BCUT2D eigenvalue weighted by molar-refractivity contribution is 6.30. The molecular weight excluding hydrogens is 490 g/mol. The summed E-state index contributed by atoms with van der Waals surface area (Å²) in [6.07, 6.45) is 0. The molecule has 4 aromatic rings. The van der Waals surface area contributed by atoms with Crippen LogP contribution in [0.2, 0.25) is 5.02 Å². The number of pyridine rings is 1. The van der Waals surface area contributed by atoms with Crippen molar-refractivity contribution in [2.45, 2.75) is 33.4 Å². The van der Waals surface area contributed by atoms with Crippen molar-refractivity contribution in [3.05, 3.63) is 79.9 Å². The Morgan fingerprint density at radius 3 is 2.59 bits per heavy atom. The number of benzene rings is 2. The molecule has 1 atom stereocenters. The van der Waals surface area contributed by atoms with Crippen LogP contribution in [0, 0.1) is 20.8 Å². The van der Waals surface area contributed by atoms with Crippen molar-refractivity contribution in [2.75, 3.05) is 44.8 Å². The molecule has 0 radical (unpaired) electrons. The molecule has 1 saturated heterocycles. The first-order valence-electron chi connectivity index (χ1n) is 12.5. The molecule has 0 spiro atoms. The highest BCUT2D eigenvalue weighted by Gasteiger charge is 2.33. The van der Waals surface area contributed by atoms with Crippen molar-refractivity contribution < 1.29 is 4.74 Å². The van der Waals surface area contributed by atoms with E-state index in [9.17, 15) is 4.79 Å². The molecule has 9 nitrogen and oxygen atoms in total. The fourth-order valence-corrected chi connectivity index (χ4v) is 5.45. The zero-order chi connectivity index (χ0) is 26.1. The van der Waals surface area contributed by atoms with Crippen LogP contribution in [0.4, 0.5) is 5.69 Å². The van der Waals surface area contributed by atoms with Gasteiger partial charge in [-0.3, -0.25) is 9.69 Å². The fraction of sp³-hybridized carbons (Fsp3) is 0.407. The van der Waals surface area contributed by atoms with Crippen LogP contribution in [0.25, 0.3) is 10.9 Å². The Kier molecular flexibility index (Phi) is 7.28. The topological polar surface area (TPSA) is 92.2 Å². The molecule has 5 rings (SSSR count). The summed E-state index contributed by atoms with van der Waals surface area (Å²) in [5.74, 6) is 0.638. The van der Waals surface area contributed by atoms with E-state index in [-0.39, 0.29) is 5.56 Å². The minimum atomic E-state index is -0.400. The van der Waals surface area contributed by atoms with Crippen LogP contribution in [0.1, 0.15) is 34.1 Å². The smallest absolute Gasteiger partial charge is 0.253 e. The van der Waals surface area contributed by atoms with Gasteiger partial charge in [0.2, 0.25) is 0 Å². The predicted octanol–water partition coefficient (Wildman–Crippen LogP) is 3.65. The predicted molar refractivity (Wildman–Crippen MR) is 146 cm³/mol.